The third-order valence-corrected chi connectivity index (χ3v) is 9.78. The number of benzene rings is 3. The first-order valence-electron chi connectivity index (χ1n) is 18.4. The molecule has 7 rings (SSSR count). The third kappa shape index (κ3) is 8.67. The molecule has 0 saturated carbocycles. The van der Waals surface area contributed by atoms with Gasteiger partial charge in [0.1, 0.15) is 17.7 Å². The predicted octanol–water partition coefficient (Wildman–Crippen LogP) is 6.30. The maximum atomic E-state index is 13.7. The quantitative estimate of drug-likeness (QED) is 0.0944. The third-order valence-electron chi connectivity index (χ3n) is 9.78. The molecule has 0 aliphatic carbocycles. The number of ether oxygens (including phenoxy) is 2. The minimum Gasteiger partial charge on any atom is -0.453 e. The van der Waals surface area contributed by atoms with Crippen LogP contribution in [-0.2, 0) is 19.1 Å². The topological polar surface area (TPSA) is 210 Å². The largest absolute Gasteiger partial charge is 0.453 e. The fourth-order valence-electron chi connectivity index (χ4n) is 6.86. The highest BCUT2D eigenvalue weighted by Crippen LogP contribution is 2.35. The highest BCUT2D eigenvalue weighted by molar-refractivity contribution is 5.87. The maximum absolute atomic E-state index is 13.7. The Morgan fingerprint density at radius 1 is 0.772 bits per heavy atom. The van der Waals surface area contributed by atoms with Gasteiger partial charge in [0, 0.05) is 29.4 Å². The van der Waals surface area contributed by atoms with Gasteiger partial charge in [0.15, 0.2) is 0 Å². The van der Waals surface area contributed by atoms with E-state index in [4.69, 9.17) is 20.2 Å². The van der Waals surface area contributed by atoms with Crippen LogP contribution >= 0.6 is 0 Å². The maximum Gasteiger partial charge on any atom is 0.407 e. The fraction of sp³-hybridized carbons (Fsp3) is 0.214. The van der Waals surface area contributed by atoms with Crippen molar-refractivity contribution in [1.82, 2.24) is 40.5 Å². The van der Waals surface area contributed by atoms with E-state index in [9.17, 15) is 19.2 Å². The average molecular weight is 768 g/mol. The lowest BCUT2D eigenvalue weighted by molar-refractivity contribution is -0.141. The summed E-state index contributed by atoms with van der Waals surface area (Å²) in [6, 6.07) is 27.7. The molecule has 15 nitrogen and oxygen atoms in total. The highest BCUT2D eigenvalue weighted by Gasteiger charge is 2.38. The Balaban J connectivity index is 0.990. The van der Waals surface area contributed by atoms with Crippen molar-refractivity contribution in [3.05, 3.63) is 138 Å². The minimum absolute atomic E-state index is 0.324. The second-order valence-electron chi connectivity index (χ2n) is 13.5. The summed E-state index contributed by atoms with van der Waals surface area (Å²) in [5.41, 5.74) is 11.4. The second kappa shape index (κ2) is 17.0. The molecule has 4 amide bonds. The molecule has 0 spiro atoms. The molecule has 57 heavy (non-hydrogen) atoms. The lowest BCUT2D eigenvalue weighted by atomic mass is 10.1. The van der Waals surface area contributed by atoms with E-state index in [0.717, 1.165) is 40.2 Å². The zero-order valence-corrected chi connectivity index (χ0v) is 31.2. The number of aromatic amines is 2. The van der Waals surface area contributed by atoms with Gasteiger partial charge in [-0.25, -0.2) is 19.6 Å². The Kier molecular flexibility index (Phi) is 11.3. The number of nitrogens with zero attached hydrogens (tertiary/aromatic N) is 4. The number of methoxy groups -OCH3 is 1. The Morgan fingerprint density at radius 3 is 2.09 bits per heavy atom. The summed E-state index contributed by atoms with van der Waals surface area (Å²) in [7, 11) is 1.24. The number of likely N-dealkylation sites (tertiary alicyclic amines) is 1. The molecule has 1 saturated heterocycles. The first kappa shape index (κ1) is 38.0. The summed E-state index contributed by atoms with van der Waals surface area (Å²) < 4.78 is 10.0. The fourth-order valence-corrected chi connectivity index (χ4v) is 6.86. The molecule has 290 valence electrons. The van der Waals surface area contributed by atoms with Gasteiger partial charge in [-0.15, -0.1) is 0 Å². The smallest absolute Gasteiger partial charge is 0.407 e. The van der Waals surface area contributed by atoms with Gasteiger partial charge in [-0.05, 0) is 43.0 Å². The first-order chi connectivity index (χ1) is 27.7. The molecule has 1 fully saturated rings. The van der Waals surface area contributed by atoms with Crippen LogP contribution in [0.5, 0.6) is 0 Å². The number of imidazole rings is 2. The van der Waals surface area contributed by atoms with Gasteiger partial charge in [0.05, 0.1) is 48.7 Å². The average Bonchev–Trinajstić information content (AvgIpc) is 4.04. The van der Waals surface area contributed by atoms with Crippen LogP contribution in [0.4, 0.5) is 9.59 Å². The van der Waals surface area contributed by atoms with Crippen molar-refractivity contribution in [1.29, 1.82) is 0 Å². The second-order valence-corrected chi connectivity index (χ2v) is 13.5. The van der Waals surface area contributed by atoms with Gasteiger partial charge in [-0.3, -0.25) is 14.6 Å². The van der Waals surface area contributed by atoms with E-state index in [0.29, 0.717) is 35.7 Å². The molecule has 3 aromatic heterocycles. The summed E-state index contributed by atoms with van der Waals surface area (Å²) in [5.74, 6) is 0.415. The Labute approximate surface area is 328 Å². The molecular weight excluding hydrogens is 727 g/mol. The van der Waals surface area contributed by atoms with Crippen LogP contribution in [0, 0.1) is 0 Å². The van der Waals surface area contributed by atoms with Crippen LogP contribution in [-0.4, -0.2) is 67.5 Å². The number of carbonyl (C=O) groups is 4. The van der Waals surface area contributed by atoms with Crippen molar-refractivity contribution in [3.8, 4) is 33.8 Å². The van der Waals surface area contributed by atoms with Crippen LogP contribution in [0.1, 0.15) is 66.8 Å². The molecule has 15 heteroatoms. The van der Waals surface area contributed by atoms with Crippen LogP contribution in [0.25, 0.3) is 33.8 Å². The van der Waals surface area contributed by atoms with E-state index in [1.165, 1.54) is 7.11 Å². The van der Waals surface area contributed by atoms with Crippen LogP contribution < -0.4 is 16.4 Å². The molecule has 0 radical (unpaired) electrons. The van der Waals surface area contributed by atoms with Gasteiger partial charge in [0.2, 0.25) is 12.0 Å². The SMILES string of the molecule is COC(=O)NC(C(=O)NC(C)c1ncc(-c2ccc(-c3ccc(-c4cnc([C@@H]5CCCN5C(=O)[C@H](OC(N)=O)c5ccccc5)[nH]4)cn3)cc2)[nH]1)c1ccccc1. The van der Waals surface area contributed by atoms with Gasteiger partial charge >= 0.3 is 12.2 Å². The molecule has 4 atom stereocenters. The van der Waals surface area contributed by atoms with Crippen molar-refractivity contribution in [2.45, 2.75) is 44.0 Å². The predicted molar refractivity (Wildman–Crippen MR) is 210 cm³/mol. The van der Waals surface area contributed by atoms with Crippen LogP contribution in [0.15, 0.2) is 116 Å². The molecule has 1 aliphatic rings. The van der Waals surface area contributed by atoms with Gasteiger partial charge < -0.3 is 40.7 Å². The van der Waals surface area contributed by atoms with Crippen molar-refractivity contribution in [2.24, 2.45) is 5.73 Å². The number of hydrogen-bond donors (Lipinski definition) is 5. The summed E-state index contributed by atoms with van der Waals surface area (Å²) >= 11 is 0. The summed E-state index contributed by atoms with van der Waals surface area (Å²) in [4.78, 5) is 72.8. The number of amides is 4. The minimum atomic E-state index is -1.15. The Morgan fingerprint density at radius 2 is 1.42 bits per heavy atom. The van der Waals surface area contributed by atoms with E-state index < -0.39 is 36.3 Å². The molecule has 2 unspecified atom stereocenters. The standard InChI is InChI=1S/C42H41N9O6/c1-25(47-39(52)35(50-42(55)56-2)28-10-5-3-6-11-28)37-45-23-32(48-37)27-17-15-26(16-18-27)31-20-19-30(22-44-31)33-24-46-38(49-33)34-14-9-21-51(34)40(53)36(57-41(43)54)29-12-7-4-8-13-29/h3-8,10-13,15-20,22-25,34-36H,9,14,21H2,1-2H3,(H2,43,54)(H,45,48)(H,46,49)(H,47,52)(H,50,55)/t25?,34-,35?,36+/m0/s1. The summed E-state index contributed by atoms with van der Waals surface area (Å²) in [5, 5.41) is 5.51. The van der Waals surface area contributed by atoms with Gasteiger partial charge in [0.25, 0.3) is 5.91 Å². The molecular formula is C42H41N9O6. The molecule has 0 bridgehead atoms. The lowest BCUT2D eigenvalue weighted by Gasteiger charge is -2.27. The van der Waals surface area contributed by atoms with E-state index >= 15 is 0 Å². The lowest BCUT2D eigenvalue weighted by Crippen LogP contribution is -2.41. The number of nitrogens with two attached hydrogens (primary N) is 1. The number of aromatic nitrogens is 5. The zero-order valence-electron chi connectivity index (χ0n) is 31.2. The van der Waals surface area contributed by atoms with Crippen LogP contribution in [0.2, 0.25) is 0 Å². The zero-order chi connectivity index (χ0) is 39.9. The number of H-pyrrole nitrogens is 2. The number of pyridine rings is 1. The first-order valence-corrected chi connectivity index (χ1v) is 18.4. The van der Waals surface area contributed by atoms with E-state index in [2.05, 4.69) is 30.6 Å². The summed E-state index contributed by atoms with van der Waals surface area (Å²) in [6.45, 7) is 2.30. The highest BCUT2D eigenvalue weighted by atomic mass is 16.6. The number of carbonyl (C=O) groups excluding carboxylic acids is 4. The van der Waals surface area contributed by atoms with Crippen molar-refractivity contribution < 1.29 is 28.7 Å². The summed E-state index contributed by atoms with van der Waals surface area (Å²) in [6.07, 6.45) is 3.78. The molecule has 6 aromatic rings. The number of primary amides is 1. The van der Waals surface area contributed by atoms with Gasteiger partial charge in [-0.1, -0.05) is 84.9 Å². The van der Waals surface area contributed by atoms with Crippen molar-refractivity contribution >= 4 is 24.0 Å². The molecule has 3 aromatic carbocycles. The molecule has 6 N–H and O–H groups in total. The number of rotatable bonds is 12. The number of hydrogen-bond acceptors (Lipinski definition) is 9. The Bertz CT molecular complexity index is 2330. The van der Waals surface area contributed by atoms with E-state index in [-0.39, 0.29) is 11.9 Å². The molecule has 1 aliphatic heterocycles. The normalized spacial score (nSPS) is 15.3. The van der Waals surface area contributed by atoms with Gasteiger partial charge in [-0.2, -0.15) is 0 Å². The monoisotopic (exact) mass is 767 g/mol. The van der Waals surface area contributed by atoms with Crippen LogP contribution in [0.3, 0.4) is 0 Å². The van der Waals surface area contributed by atoms with E-state index in [1.54, 1.807) is 78.9 Å². The van der Waals surface area contributed by atoms with Crippen molar-refractivity contribution in [2.75, 3.05) is 13.7 Å². The van der Waals surface area contributed by atoms with Crippen molar-refractivity contribution in [3.63, 3.8) is 0 Å². The van der Waals surface area contributed by atoms with E-state index in [1.807, 2.05) is 48.5 Å². The molecule has 4 heterocycles. The Hall–Kier alpha value is -7.29. The number of nitrogens with one attached hydrogen (secondary N) is 4. The number of alkyl carbamates (subject to hydrolysis) is 1.